The molecule has 1 aromatic heterocycles. The molecule has 5 heteroatoms. The van der Waals surface area contributed by atoms with E-state index in [0.717, 1.165) is 17.7 Å². The van der Waals surface area contributed by atoms with Crippen molar-refractivity contribution in [2.45, 2.75) is 26.8 Å². The van der Waals surface area contributed by atoms with Crippen LogP contribution in [0.4, 0.5) is 11.5 Å². The Labute approximate surface area is 153 Å². The van der Waals surface area contributed by atoms with E-state index in [9.17, 15) is 4.79 Å². The Hall–Kier alpha value is -3.21. The van der Waals surface area contributed by atoms with Gasteiger partial charge in [0.15, 0.2) is 0 Å². The molecule has 0 atom stereocenters. The van der Waals surface area contributed by atoms with Gasteiger partial charge in [0.25, 0.3) is 5.91 Å². The third-order valence-electron chi connectivity index (χ3n) is 4.11. The molecular formula is C21H22N4O. The van der Waals surface area contributed by atoms with Crippen LogP contribution in [0.3, 0.4) is 0 Å². The van der Waals surface area contributed by atoms with Crippen molar-refractivity contribution in [1.82, 2.24) is 9.97 Å². The molecule has 0 unspecified atom stereocenters. The Kier molecular flexibility index (Phi) is 5.59. The largest absolute Gasteiger partial charge is 0.366 e. The van der Waals surface area contributed by atoms with E-state index in [1.54, 1.807) is 6.07 Å². The van der Waals surface area contributed by atoms with Crippen LogP contribution in [0.25, 0.3) is 0 Å². The van der Waals surface area contributed by atoms with Gasteiger partial charge in [-0.05, 0) is 36.6 Å². The maximum absolute atomic E-state index is 12.4. The molecule has 132 valence electrons. The second-order valence-electron chi connectivity index (χ2n) is 6.13. The molecule has 0 aliphatic heterocycles. The molecule has 3 aromatic rings. The molecule has 0 bridgehead atoms. The normalized spacial score (nSPS) is 10.4. The number of nitrogens with one attached hydrogen (secondary N) is 2. The molecule has 0 spiro atoms. The van der Waals surface area contributed by atoms with Gasteiger partial charge >= 0.3 is 0 Å². The lowest BCUT2D eigenvalue weighted by molar-refractivity contribution is 0.102. The van der Waals surface area contributed by atoms with Crippen LogP contribution in [-0.4, -0.2) is 15.9 Å². The summed E-state index contributed by atoms with van der Waals surface area (Å²) in [6, 6.07) is 17.7. The molecule has 2 aromatic carbocycles. The molecule has 1 amide bonds. The monoisotopic (exact) mass is 346 g/mol. The lowest BCUT2D eigenvalue weighted by Crippen LogP contribution is -2.14. The summed E-state index contributed by atoms with van der Waals surface area (Å²) in [5, 5.41) is 6.08. The molecule has 0 aliphatic rings. The minimum atomic E-state index is -0.255. The SMILES string of the molecule is CCc1ccc(NC(=O)c2cc(NCc3ccc(C)cc3)ncn2)cc1. The minimum absolute atomic E-state index is 0.255. The number of amides is 1. The molecule has 1 heterocycles. The zero-order chi connectivity index (χ0) is 18.4. The topological polar surface area (TPSA) is 66.9 Å². The van der Waals surface area contributed by atoms with Gasteiger partial charge in [-0.15, -0.1) is 0 Å². The minimum Gasteiger partial charge on any atom is -0.366 e. The van der Waals surface area contributed by atoms with Crippen LogP contribution < -0.4 is 10.6 Å². The standard InChI is InChI=1S/C21H22N4O/c1-3-16-8-10-18(11-9-16)25-21(26)19-12-20(24-14-23-19)22-13-17-6-4-15(2)5-7-17/h4-12,14H,3,13H2,1-2H3,(H,25,26)(H,22,23,24). The molecule has 0 fully saturated rings. The quantitative estimate of drug-likeness (QED) is 0.701. The lowest BCUT2D eigenvalue weighted by Gasteiger charge is -2.08. The number of carbonyl (C=O) groups is 1. The first-order valence-electron chi connectivity index (χ1n) is 8.66. The van der Waals surface area contributed by atoms with Crippen LogP contribution >= 0.6 is 0 Å². The lowest BCUT2D eigenvalue weighted by atomic mass is 10.1. The molecule has 0 radical (unpaired) electrons. The fraction of sp³-hybridized carbons (Fsp3) is 0.190. The summed E-state index contributed by atoms with van der Waals surface area (Å²) >= 11 is 0. The van der Waals surface area contributed by atoms with Gasteiger partial charge < -0.3 is 10.6 Å². The predicted molar refractivity (Wildman–Crippen MR) is 104 cm³/mol. The Bertz CT molecular complexity index is 873. The third kappa shape index (κ3) is 4.66. The van der Waals surface area contributed by atoms with Gasteiger partial charge in [-0.1, -0.05) is 48.9 Å². The van der Waals surface area contributed by atoms with Crippen LogP contribution in [0, 0.1) is 6.92 Å². The molecule has 0 aliphatic carbocycles. The van der Waals surface area contributed by atoms with Crippen molar-refractivity contribution in [3.63, 3.8) is 0 Å². The Morgan fingerprint density at radius 2 is 1.65 bits per heavy atom. The summed E-state index contributed by atoms with van der Waals surface area (Å²) in [4.78, 5) is 20.7. The van der Waals surface area contributed by atoms with Crippen molar-refractivity contribution in [3.05, 3.63) is 83.3 Å². The smallest absolute Gasteiger partial charge is 0.274 e. The number of nitrogens with zero attached hydrogens (tertiary/aromatic N) is 2. The Balaban J connectivity index is 1.63. The van der Waals surface area contributed by atoms with E-state index in [-0.39, 0.29) is 5.91 Å². The van der Waals surface area contributed by atoms with Gasteiger partial charge in [-0.2, -0.15) is 0 Å². The van der Waals surface area contributed by atoms with Gasteiger partial charge in [0.2, 0.25) is 0 Å². The maximum Gasteiger partial charge on any atom is 0.274 e. The number of hydrogen-bond acceptors (Lipinski definition) is 4. The number of carbonyl (C=O) groups excluding carboxylic acids is 1. The van der Waals surface area contributed by atoms with Gasteiger partial charge in [0.1, 0.15) is 17.8 Å². The highest BCUT2D eigenvalue weighted by atomic mass is 16.1. The Morgan fingerprint density at radius 1 is 0.962 bits per heavy atom. The van der Waals surface area contributed by atoms with Crippen molar-refractivity contribution >= 4 is 17.4 Å². The van der Waals surface area contributed by atoms with Crippen molar-refractivity contribution in [2.75, 3.05) is 10.6 Å². The van der Waals surface area contributed by atoms with E-state index >= 15 is 0 Å². The second-order valence-corrected chi connectivity index (χ2v) is 6.13. The van der Waals surface area contributed by atoms with Crippen molar-refractivity contribution in [2.24, 2.45) is 0 Å². The summed E-state index contributed by atoms with van der Waals surface area (Å²) in [5.41, 5.74) is 4.68. The first kappa shape index (κ1) is 17.6. The van der Waals surface area contributed by atoms with E-state index < -0.39 is 0 Å². The average molecular weight is 346 g/mol. The van der Waals surface area contributed by atoms with E-state index in [2.05, 4.69) is 58.7 Å². The highest BCUT2D eigenvalue weighted by Crippen LogP contribution is 2.13. The highest BCUT2D eigenvalue weighted by Gasteiger charge is 2.09. The molecular weight excluding hydrogens is 324 g/mol. The van der Waals surface area contributed by atoms with Gasteiger partial charge in [0, 0.05) is 18.3 Å². The fourth-order valence-electron chi connectivity index (χ4n) is 2.50. The van der Waals surface area contributed by atoms with Gasteiger partial charge in [-0.3, -0.25) is 4.79 Å². The average Bonchev–Trinajstić information content (AvgIpc) is 2.68. The molecule has 0 saturated carbocycles. The highest BCUT2D eigenvalue weighted by molar-refractivity contribution is 6.03. The number of anilines is 2. The number of hydrogen-bond donors (Lipinski definition) is 2. The molecule has 2 N–H and O–H groups in total. The van der Waals surface area contributed by atoms with E-state index in [0.29, 0.717) is 18.1 Å². The summed E-state index contributed by atoms with van der Waals surface area (Å²) in [7, 11) is 0. The first-order chi connectivity index (χ1) is 12.6. The zero-order valence-electron chi connectivity index (χ0n) is 15.0. The summed E-state index contributed by atoms with van der Waals surface area (Å²) in [5.74, 6) is 0.363. The number of aryl methyl sites for hydroxylation is 2. The van der Waals surface area contributed by atoms with Gasteiger partial charge in [-0.25, -0.2) is 9.97 Å². The first-order valence-corrected chi connectivity index (χ1v) is 8.66. The fourth-order valence-corrected chi connectivity index (χ4v) is 2.50. The van der Waals surface area contributed by atoms with Crippen molar-refractivity contribution < 1.29 is 4.79 Å². The third-order valence-corrected chi connectivity index (χ3v) is 4.11. The number of benzene rings is 2. The summed E-state index contributed by atoms with van der Waals surface area (Å²) < 4.78 is 0. The predicted octanol–water partition coefficient (Wildman–Crippen LogP) is 4.21. The summed E-state index contributed by atoms with van der Waals surface area (Å²) in [6.45, 7) is 4.79. The molecule has 0 saturated heterocycles. The van der Waals surface area contributed by atoms with Crippen LogP contribution in [0.15, 0.2) is 60.9 Å². The summed E-state index contributed by atoms with van der Waals surface area (Å²) in [6.07, 6.45) is 2.36. The molecule has 26 heavy (non-hydrogen) atoms. The van der Waals surface area contributed by atoms with Gasteiger partial charge in [0.05, 0.1) is 0 Å². The van der Waals surface area contributed by atoms with E-state index in [4.69, 9.17) is 0 Å². The molecule has 3 rings (SSSR count). The van der Waals surface area contributed by atoms with Crippen LogP contribution in [-0.2, 0) is 13.0 Å². The van der Waals surface area contributed by atoms with Crippen LogP contribution in [0.5, 0.6) is 0 Å². The second kappa shape index (κ2) is 8.25. The van der Waals surface area contributed by atoms with E-state index in [1.165, 1.54) is 17.5 Å². The molecule has 5 nitrogen and oxygen atoms in total. The Morgan fingerprint density at radius 3 is 2.35 bits per heavy atom. The van der Waals surface area contributed by atoms with E-state index in [1.807, 2.05) is 24.3 Å². The van der Waals surface area contributed by atoms with Crippen LogP contribution in [0.1, 0.15) is 34.1 Å². The van der Waals surface area contributed by atoms with Crippen molar-refractivity contribution in [1.29, 1.82) is 0 Å². The van der Waals surface area contributed by atoms with Crippen LogP contribution in [0.2, 0.25) is 0 Å². The number of rotatable bonds is 6. The maximum atomic E-state index is 12.4. The van der Waals surface area contributed by atoms with Crippen molar-refractivity contribution in [3.8, 4) is 0 Å². The number of aromatic nitrogens is 2. The zero-order valence-corrected chi connectivity index (χ0v) is 15.0.